The molecule has 3 rings (SSSR count). The molecule has 0 bridgehead atoms. The monoisotopic (exact) mass is 466 g/mol. The number of esters is 1. The number of rotatable bonds is 8. The van der Waals surface area contributed by atoms with Crippen LogP contribution >= 0.6 is 15.9 Å². The molecular formula is C25H23BrO4. The van der Waals surface area contributed by atoms with Gasteiger partial charge in [-0.05, 0) is 65.6 Å². The number of aryl methyl sites for hydroxylation is 1. The first-order valence-electron chi connectivity index (χ1n) is 9.51. The molecule has 0 radical (unpaired) electrons. The van der Waals surface area contributed by atoms with Gasteiger partial charge in [-0.3, -0.25) is 0 Å². The van der Waals surface area contributed by atoms with Crippen molar-refractivity contribution in [3.63, 3.8) is 0 Å². The number of hydrogen-bond acceptors (Lipinski definition) is 4. The summed E-state index contributed by atoms with van der Waals surface area (Å²) >= 11 is 3.49. The zero-order valence-electron chi connectivity index (χ0n) is 16.9. The maximum absolute atomic E-state index is 11.2. The van der Waals surface area contributed by atoms with Gasteiger partial charge in [-0.25, -0.2) is 4.79 Å². The second-order valence-corrected chi connectivity index (χ2v) is 7.51. The van der Waals surface area contributed by atoms with Crippen molar-refractivity contribution in [2.45, 2.75) is 6.92 Å². The molecule has 0 amide bonds. The molecule has 0 heterocycles. The van der Waals surface area contributed by atoms with E-state index < -0.39 is 5.97 Å². The van der Waals surface area contributed by atoms with Gasteiger partial charge in [0, 0.05) is 4.47 Å². The first-order valence-corrected chi connectivity index (χ1v) is 10.3. The van der Waals surface area contributed by atoms with Gasteiger partial charge in [0.1, 0.15) is 18.1 Å². The fraction of sp³-hybridized carbons (Fsp3) is 0.160. The third-order valence-corrected chi connectivity index (χ3v) is 5.03. The summed E-state index contributed by atoms with van der Waals surface area (Å²) < 4.78 is 17.1. The van der Waals surface area contributed by atoms with Crippen LogP contribution in [0.1, 0.15) is 16.7 Å². The number of carbonyl (C=O) groups is 1. The minimum Gasteiger partial charge on any atom is -0.489 e. The van der Waals surface area contributed by atoms with E-state index in [1.54, 1.807) is 6.07 Å². The van der Waals surface area contributed by atoms with Gasteiger partial charge in [0.25, 0.3) is 0 Å². The number of ether oxygens (including phenoxy) is 3. The van der Waals surface area contributed by atoms with Crippen LogP contribution in [0.3, 0.4) is 0 Å². The lowest BCUT2D eigenvalue weighted by atomic mass is 9.98. The molecular weight excluding hydrogens is 444 g/mol. The lowest BCUT2D eigenvalue weighted by Gasteiger charge is -2.12. The Bertz CT molecular complexity index is 1010. The molecule has 0 N–H and O–H groups in total. The number of hydrogen-bond donors (Lipinski definition) is 0. The summed E-state index contributed by atoms with van der Waals surface area (Å²) in [4.78, 5) is 11.2. The van der Waals surface area contributed by atoms with Crippen LogP contribution in [0.2, 0.25) is 0 Å². The van der Waals surface area contributed by atoms with Gasteiger partial charge >= 0.3 is 5.97 Å². The van der Waals surface area contributed by atoms with Crippen LogP contribution in [0, 0.1) is 6.92 Å². The van der Waals surface area contributed by atoms with E-state index >= 15 is 0 Å². The van der Waals surface area contributed by atoms with Crippen molar-refractivity contribution >= 4 is 27.5 Å². The molecule has 0 unspecified atom stereocenters. The van der Waals surface area contributed by atoms with E-state index in [1.807, 2.05) is 49.4 Å². The van der Waals surface area contributed by atoms with Crippen molar-refractivity contribution in [2.24, 2.45) is 0 Å². The molecule has 0 aliphatic rings. The highest BCUT2D eigenvalue weighted by Gasteiger charge is 2.07. The van der Waals surface area contributed by atoms with Crippen LogP contribution in [0.15, 0.2) is 83.3 Å². The summed E-state index contributed by atoms with van der Waals surface area (Å²) in [6.45, 7) is 2.21. The third-order valence-electron chi connectivity index (χ3n) is 4.50. The molecule has 0 fully saturated rings. The smallest absolute Gasteiger partial charge is 0.343 e. The summed E-state index contributed by atoms with van der Waals surface area (Å²) in [6.07, 6.45) is 2.08. The Morgan fingerprint density at radius 3 is 2.30 bits per heavy atom. The summed E-state index contributed by atoms with van der Waals surface area (Å²) in [6, 6.07) is 24.0. The molecule has 3 aromatic rings. The molecule has 0 aliphatic carbocycles. The lowest BCUT2D eigenvalue weighted by molar-refractivity contribution is -0.142. The molecule has 0 atom stereocenters. The fourth-order valence-electron chi connectivity index (χ4n) is 2.94. The molecule has 3 aromatic carbocycles. The van der Waals surface area contributed by atoms with Crippen molar-refractivity contribution in [1.29, 1.82) is 0 Å². The molecule has 0 spiro atoms. The van der Waals surface area contributed by atoms with Crippen LogP contribution in [-0.2, 0) is 9.53 Å². The van der Waals surface area contributed by atoms with Gasteiger partial charge in [-0.1, -0.05) is 58.4 Å². The average Bonchev–Trinajstić information content (AvgIpc) is 2.77. The number of halogens is 1. The summed E-state index contributed by atoms with van der Waals surface area (Å²) in [7, 11) is 1.33. The van der Waals surface area contributed by atoms with E-state index in [4.69, 9.17) is 9.47 Å². The molecule has 0 saturated heterocycles. The van der Waals surface area contributed by atoms with E-state index in [0.717, 1.165) is 32.5 Å². The highest BCUT2D eigenvalue weighted by molar-refractivity contribution is 9.10. The first-order chi connectivity index (χ1) is 14.6. The Labute approximate surface area is 185 Å². The Morgan fingerprint density at radius 2 is 1.63 bits per heavy atom. The van der Waals surface area contributed by atoms with Crippen LogP contribution in [0.25, 0.3) is 5.57 Å². The molecule has 0 aliphatic heterocycles. The topological polar surface area (TPSA) is 44.8 Å². The van der Waals surface area contributed by atoms with E-state index in [1.165, 1.54) is 7.11 Å². The molecule has 30 heavy (non-hydrogen) atoms. The number of benzene rings is 3. The van der Waals surface area contributed by atoms with E-state index in [0.29, 0.717) is 12.4 Å². The van der Waals surface area contributed by atoms with Crippen molar-refractivity contribution in [1.82, 2.24) is 0 Å². The van der Waals surface area contributed by atoms with Crippen molar-refractivity contribution < 1.29 is 19.0 Å². The predicted molar refractivity (Wildman–Crippen MR) is 122 cm³/mol. The van der Waals surface area contributed by atoms with Gasteiger partial charge in [0.05, 0.1) is 7.11 Å². The zero-order valence-corrected chi connectivity index (χ0v) is 18.5. The lowest BCUT2D eigenvalue weighted by Crippen LogP contribution is -2.13. The molecule has 4 nitrogen and oxygen atoms in total. The Hall–Kier alpha value is -3.05. The van der Waals surface area contributed by atoms with Gasteiger partial charge in [-0.2, -0.15) is 0 Å². The van der Waals surface area contributed by atoms with E-state index in [-0.39, 0.29) is 6.61 Å². The maximum atomic E-state index is 11.2. The maximum Gasteiger partial charge on any atom is 0.343 e. The predicted octanol–water partition coefficient (Wildman–Crippen LogP) is 5.82. The van der Waals surface area contributed by atoms with Crippen molar-refractivity contribution in [3.8, 4) is 11.5 Å². The fourth-order valence-corrected chi connectivity index (χ4v) is 3.20. The average molecular weight is 467 g/mol. The summed E-state index contributed by atoms with van der Waals surface area (Å²) in [5.41, 5.74) is 4.25. The first kappa shape index (κ1) is 21.7. The minimum atomic E-state index is -0.416. The van der Waals surface area contributed by atoms with Crippen LogP contribution in [0.5, 0.6) is 11.5 Å². The Kier molecular flexibility index (Phi) is 7.69. The molecule has 154 valence electrons. The quantitative estimate of drug-likeness (QED) is 0.392. The molecule has 0 aromatic heterocycles. The normalized spacial score (nSPS) is 11.1. The second-order valence-electron chi connectivity index (χ2n) is 6.59. The van der Waals surface area contributed by atoms with Crippen LogP contribution < -0.4 is 9.47 Å². The SMILES string of the molecule is COC(=O)COc1ccc(OC/C=C(\c2ccccc2)c2ccc(Br)cc2)cc1C. The van der Waals surface area contributed by atoms with Crippen LogP contribution in [-0.4, -0.2) is 26.3 Å². The van der Waals surface area contributed by atoms with Gasteiger partial charge in [0.2, 0.25) is 0 Å². The largest absolute Gasteiger partial charge is 0.489 e. The van der Waals surface area contributed by atoms with Gasteiger partial charge in [-0.15, -0.1) is 0 Å². The highest BCUT2D eigenvalue weighted by atomic mass is 79.9. The Morgan fingerprint density at radius 1 is 0.933 bits per heavy atom. The molecule has 0 saturated carbocycles. The molecule has 5 heteroatoms. The van der Waals surface area contributed by atoms with Crippen molar-refractivity contribution in [2.75, 3.05) is 20.3 Å². The van der Waals surface area contributed by atoms with E-state index in [9.17, 15) is 4.79 Å². The second kappa shape index (κ2) is 10.6. The summed E-state index contributed by atoms with van der Waals surface area (Å²) in [5.74, 6) is 0.946. The van der Waals surface area contributed by atoms with Crippen LogP contribution in [0.4, 0.5) is 0 Å². The number of carbonyl (C=O) groups excluding carboxylic acids is 1. The van der Waals surface area contributed by atoms with E-state index in [2.05, 4.69) is 51.0 Å². The van der Waals surface area contributed by atoms with Gasteiger partial charge in [0.15, 0.2) is 6.61 Å². The Balaban J connectivity index is 1.73. The number of methoxy groups -OCH3 is 1. The minimum absolute atomic E-state index is 0.117. The van der Waals surface area contributed by atoms with Crippen molar-refractivity contribution in [3.05, 3.63) is 100 Å². The third kappa shape index (κ3) is 5.97. The standard InChI is InChI=1S/C25H23BrO4/c1-18-16-22(12-13-24(18)30-17-25(27)28-2)29-15-14-23(19-6-4-3-5-7-19)20-8-10-21(26)11-9-20/h3-14,16H,15,17H2,1-2H3/b23-14+. The summed E-state index contributed by atoms with van der Waals surface area (Å²) in [5, 5.41) is 0. The highest BCUT2D eigenvalue weighted by Crippen LogP contribution is 2.26. The van der Waals surface area contributed by atoms with Gasteiger partial charge < -0.3 is 14.2 Å². The zero-order chi connectivity index (χ0) is 21.3.